The summed E-state index contributed by atoms with van der Waals surface area (Å²) in [5, 5.41) is 17.3. The molecule has 2 rings (SSSR count). The smallest absolute Gasteiger partial charge is 0.0666 e. The van der Waals surface area contributed by atoms with Gasteiger partial charge in [0, 0.05) is 25.4 Å². The van der Waals surface area contributed by atoms with Crippen LogP contribution < -0.4 is 5.32 Å². The Kier molecular flexibility index (Phi) is 4.71. The number of nitrogens with zero attached hydrogens (tertiary/aromatic N) is 2. The Hall–Kier alpha value is -1.65. The number of hydrogen-bond acceptors (Lipinski definition) is 3. The summed E-state index contributed by atoms with van der Waals surface area (Å²) in [7, 11) is 1.93. The molecule has 1 aromatic carbocycles. The highest BCUT2D eigenvalue weighted by Gasteiger charge is 2.11. The largest absolute Gasteiger partial charge is 0.394 e. The van der Waals surface area contributed by atoms with Crippen molar-refractivity contribution in [2.45, 2.75) is 25.9 Å². The highest BCUT2D eigenvalue weighted by atomic mass is 16.3. The van der Waals surface area contributed by atoms with E-state index in [2.05, 4.69) is 17.3 Å². The van der Waals surface area contributed by atoms with Crippen LogP contribution in [0.5, 0.6) is 0 Å². The molecule has 0 unspecified atom stereocenters. The molecule has 0 radical (unpaired) electrons. The SMILES string of the molecule is CCc1nn(C)cc1CN[C@@H](CO)c1ccccc1. The van der Waals surface area contributed by atoms with Crippen molar-refractivity contribution in [1.29, 1.82) is 0 Å². The minimum atomic E-state index is -0.0360. The normalized spacial score (nSPS) is 12.6. The highest BCUT2D eigenvalue weighted by molar-refractivity contribution is 5.21. The van der Waals surface area contributed by atoms with E-state index in [0.29, 0.717) is 0 Å². The average Bonchev–Trinajstić information content (AvgIpc) is 2.81. The zero-order valence-electron chi connectivity index (χ0n) is 11.5. The van der Waals surface area contributed by atoms with E-state index >= 15 is 0 Å². The van der Waals surface area contributed by atoms with Crippen molar-refractivity contribution in [2.75, 3.05) is 6.61 Å². The number of aliphatic hydroxyl groups is 1. The molecule has 1 aromatic heterocycles. The molecule has 0 aliphatic rings. The molecule has 0 fully saturated rings. The summed E-state index contributed by atoms with van der Waals surface area (Å²) < 4.78 is 1.84. The van der Waals surface area contributed by atoms with E-state index in [1.165, 1.54) is 5.56 Å². The van der Waals surface area contributed by atoms with Crippen LogP contribution in [0.1, 0.15) is 29.8 Å². The average molecular weight is 259 g/mol. The second-order valence-corrected chi connectivity index (χ2v) is 4.65. The van der Waals surface area contributed by atoms with Crippen LogP contribution in [0.3, 0.4) is 0 Å². The standard InChI is InChI=1S/C15H21N3O/c1-3-14-13(10-18(2)17-14)9-16-15(11-19)12-7-5-4-6-8-12/h4-8,10,15-16,19H,3,9,11H2,1-2H3/t15-/m0/s1. The van der Waals surface area contributed by atoms with Crippen molar-refractivity contribution in [2.24, 2.45) is 7.05 Å². The predicted octanol–water partition coefficient (Wildman–Crippen LogP) is 1.81. The Balaban J connectivity index is 2.04. The molecule has 1 heterocycles. The van der Waals surface area contributed by atoms with E-state index in [9.17, 15) is 5.11 Å². The van der Waals surface area contributed by atoms with Crippen LogP contribution in [-0.4, -0.2) is 21.5 Å². The Morgan fingerprint density at radius 3 is 2.68 bits per heavy atom. The predicted molar refractivity (Wildman–Crippen MR) is 75.7 cm³/mol. The summed E-state index contributed by atoms with van der Waals surface area (Å²) in [6, 6.07) is 9.97. The summed E-state index contributed by atoms with van der Waals surface area (Å²) in [5.41, 5.74) is 3.41. The molecule has 0 aliphatic carbocycles. The third-order valence-corrected chi connectivity index (χ3v) is 3.25. The van der Waals surface area contributed by atoms with Crippen LogP contribution in [0, 0.1) is 0 Å². The van der Waals surface area contributed by atoms with Crippen LogP contribution in [0.25, 0.3) is 0 Å². The van der Waals surface area contributed by atoms with Gasteiger partial charge in [-0.3, -0.25) is 4.68 Å². The van der Waals surface area contributed by atoms with Crippen molar-refractivity contribution in [3.63, 3.8) is 0 Å². The van der Waals surface area contributed by atoms with Crippen LogP contribution >= 0.6 is 0 Å². The number of rotatable bonds is 6. The number of aliphatic hydroxyl groups excluding tert-OH is 1. The van der Waals surface area contributed by atoms with Gasteiger partial charge in [-0.2, -0.15) is 5.10 Å². The van der Waals surface area contributed by atoms with Gasteiger partial charge in [0.05, 0.1) is 18.3 Å². The fraction of sp³-hybridized carbons (Fsp3) is 0.400. The molecule has 0 aliphatic heterocycles. The quantitative estimate of drug-likeness (QED) is 0.832. The maximum atomic E-state index is 9.51. The first-order valence-corrected chi connectivity index (χ1v) is 6.65. The van der Waals surface area contributed by atoms with Crippen molar-refractivity contribution in [3.05, 3.63) is 53.3 Å². The molecule has 4 nitrogen and oxygen atoms in total. The molecule has 0 amide bonds. The third kappa shape index (κ3) is 3.43. The maximum Gasteiger partial charge on any atom is 0.0666 e. The van der Waals surface area contributed by atoms with Gasteiger partial charge in [-0.05, 0) is 12.0 Å². The summed E-state index contributed by atoms with van der Waals surface area (Å²) in [6.45, 7) is 2.91. The van der Waals surface area contributed by atoms with Gasteiger partial charge in [0.2, 0.25) is 0 Å². The molecule has 0 saturated carbocycles. The van der Waals surface area contributed by atoms with E-state index in [1.807, 2.05) is 48.3 Å². The van der Waals surface area contributed by atoms with E-state index < -0.39 is 0 Å². The zero-order valence-corrected chi connectivity index (χ0v) is 11.5. The molecule has 0 bridgehead atoms. The van der Waals surface area contributed by atoms with Gasteiger partial charge in [-0.25, -0.2) is 0 Å². The fourth-order valence-electron chi connectivity index (χ4n) is 2.24. The number of hydrogen-bond donors (Lipinski definition) is 2. The van der Waals surface area contributed by atoms with Crippen LogP contribution in [0.15, 0.2) is 36.5 Å². The first-order valence-electron chi connectivity index (χ1n) is 6.65. The van der Waals surface area contributed by atoms with Gasteiger partial charge in [0.1, 0.15) is 0 Å². The Morgan fingerprint density at radius 2 is 2.05 bits per heavy atom. The van der Waals surface area contributed by atoms with Crippen LogP contribution in [0.2, 0.25) is 0 Å². The molecular formula is C15H21N3O. The number of benzene rings is 1. The monoisotopic (exact) mass is 259 g/mol. The molecule has 0 spiro atoms. The fourth-order valence-corrected chi connectivity index (χ4v) is 2.24. The summed E-state index contributed by atoms with van der Waals surface area (Å²) >= 11 is 0. The zero-order chi connectivity index (χ0) is 13.7. The Morgan fingerprint density at radius 1 is 1.32 bits per heavy atom. The minimum absolute atomic E-state index is 0.0360. The molecule has 0 saturated heterocycles. The molecular weight excluding hydrogens is 238 g/mol. The summed E-state index contributed by atoms with van der Waals surface area (Å²) in [5.74, 6) is 0. The van der Waals surface area contributed by atoms with Crippen molar-refractivity contribution < 1.29 is 5.11 Å². The molecule has 1 atom stereocenters. The van der Waals surface area contributed by atoms with E-state index in [1.54, 1.807) is 0 Å². The lowest BCUT2D eigenvalue weighted by Crippen LogP contribution is -2.24. The highest BCUT2D eigenvalue weighted by Crippen LogP contribution is 2.14. The van der Waals surface area contributed by atoms with Crippen molar-refractivity contribution >= 4 is 0 Å². The topological polar surface area (TPSA) is 50.1 Å². The second kappa shape index (κ2) is 6.50. The van der Waals surface area contributed by atoms with Gasteiger partial charge >= 0.3 is 0 Å². The van der Waals surface area contributed by atoms with Gasteiger partial charge < -0.3 is 10.4 Å². The molecule has 2 N–H and O–H groups in total. The van der Waals surface area contributed by atoms with Gasteiger partial charge in [0.15, 0.2) is 0 Å². The molecule has 2 aromatic rings. The number of nitrogens with one attached hydrogen (secondary N) is 1. The molecule has 102 valence electrons. The third-order valence-electron chi connectivity index (χ3n) is 3.25. The lowest BCUT2D eigenvalue weighted by atomic mass is 10.1. The van der Waals surface area contributed by atoms with Crippen LogP contribution in [0.4, 0.5) is 0 Å². The number of aryl methyl sites for hydroxylation is 2. The van der Waals surface area contributed by atoms with Crippen molar-refractivity contribution in [1.82, 2.24) is 15.1 Å². The number of aromatic nitrogens is 2. The van der Waals surface area contributed by atoms with Crippen LogP contribution in [-0.2, 0) is 20.0 Å². The first kappa shape index (κ1) is 13.8. The minimum Gasteiger partial charge on any atom is -0.394 e. The van der Waals surface area contributed by atoms with E-state index in [4.69, 9.17) is 0 Å². The maximum absolute atomic E-state index is 9.51. The van der Waals surface area contributed by atoms with E-state index in [0.717, 1.165) is 24.2 Å². The van der Waals surface area contributed by atoms with Gasteiger partial charge in [-0.15, -0.1) is 0 Å². The van der Waals surface area contributed by atoms with Crippen molar-refractivity contribution in [3.8, 4) is 0 Å². The lowest BCUT2D eigenvalue weighted by molar-refractivity contribution is 0.243. The molecule has 4 heteroatoms. The molecule has 19 heavy (non-hydrogen) atoms. The van der Waals surface area contributed by atoms with E-state index in [-0.39, 0.29) is 12.6 Å². The van der Waals surface area contributed by atoms with Gasteiger partial charge in [0.25, 0.3) is 0 Å². The summed E-state index contributed by atoms with van der Waals surface area (Å²) in [6.07, 6.45) is 2.96. The Labute approximate surface area is 114 Å². The van der Waals surface area contributed by atoms with Gasteiger partial charge in [-0.1, -0.05) is 37.3 Å². The lowest BCUT2D eigenvalue weighted by Gasteiger charge is -2.16. The second-order valence-electron chi connectivity index (χ2n) is 4.65. The summed E-state index contributed by atoms with van der Waals surface area (Å²) in [4.78, 5) is 0. The first-order chi connectivity index (χ1) is 9.24. The Bertz CT molecular complexity index is 507.